The molecule has 2 amide bonds. The van der Waals surface area contributed by atoms with E-state index < -0.39 is 0 Å². The Balaban J connectivity index is 2.65. The zero-order valence-electron chi connectivity index (χ0n) is 13.1. The van der Waals surface area contributed by atoms with Crippen LogP contribution in [0.2, 0.25) is 0 Å². The van der Waals surface area contributed by atoms with E-state index in [9.17, 15) is 9.59 Å². The molecule has 0 aliphatic carbocycles. The van der Waals surface area contributed by atoms with Crippen molar-refractivity contribution < 1.29 is 19.1 Å². The molecule has 6 nitrogen and oxygen atoms in total. The van der Waals surface area contributed by atoms with Crippen molar-refractivity contribution in [1.82, 2.24) is 5.32 Å². The number of benzene rings is 1. The summed E-state index contributed by atoms with van der Waals surface area (Å²) in [5.41, 5.74) is 0.182. The van der Waals surface area contributed by atoms with E-state index in [-0.39, 0.29) is 23.8 Å². The Labute approximate surface area is 124 Å². The molecule has 6 heteroatoms. The molecule has 0 aliphatic rings. The van der Waals surface area contributed by atoms with E-state index >= 15 is 0 Å². The van der Waals surface area contributed by atoms with Crippen molar-refractivity contribution in [2.24, 2.45) is 0 Å². The average molecular weight is 294 g/mol. The second kappa shape index (κ2) is 6.97. The minimum atomic E-state index is -0.385. The lowest BCUT2D eigenvalue weighted by molar-refractivity contribution is -0.127. The fourth-order valence-electron chi connectivity index (χ4n) is 1.73. The number of ether oxygens (including phenoxy) is 2. The van der Waals surface area contributed by atoms with Crippen LogP contribution in [0.4, 0.5) is 5.69 Å². The van der Waals surface area contributed by atoms with Crippen molar-refractivity contribution >= 4 is 17.5 Å². The lowest BCUT2D eigenvalue weighted by Crippen LogP contribution is -2.41. The summed E-state index contributed by atoms with van der Waals surface area (Å²) in [6, 6.07) is 5.00. The first kappa shape index (κ1) is 16.8. The Morgan fingerprint density at radius 1 is 1.05 bits per heavy atom. The maximum Gasteiger partial charge on any atom is 0.233 e. The molecule has 21 heavy (non-hydrogen) atoms. The number of anilines is 1. The highest BCUT2D eigenvalue weighted by molar-refractivity contribution is 6.03. The molecular weight excluding hydrogens is 272 g/mol. The van der Waals surface area contributed by atoms with Crippen molar-refractivity contribution in [3.8, 4) is 11.5 Å². The highest BCUT2D eigenvalue weighted by Crippen LogP contribution is 2.29. The zero-order chi connectivity index (χ0) is 16.0. The van der Waals surface area contributed by atoms with Crippen LogP contribution >= 0.6 is 0 Å². The standard InChI is InChI=1S/C15H22N2O4/c1-15(2,3)17-14(19)9-13(18)16-10-6-7-11(20-4)12(8-10)21-5/h6-8H,9H2,1-5H3,(H,16,18)(H,17,19). The van der Waals surface area contributed by atoms with Gasteiger partial charge in [0.25, 0.3) is 0 Å². The van der Waals surface area contributed by atoms with Gasteiger partial charge in [0, 0.05) is 17.3 Å². The van der Waals surface area contributed by atoms with Gasteiger partial charge in [0.05, 0.1) is 14.2 Å². The lowest BCUT2D eigenvalue weighted by atomic mass is 10.1. The quantitative estimate of drug-likeness (QED) is 0.814. The van der Waals surface area contributed by atoms with Gasteiger partial charge in [-0.1, -0.05) is 0 Å². The van der Waals surface area contributed by atoms with E-state index in [1.807, 2.05) is 20.8 Å². The number of methoxy groups -OCH3 is 2. The van der Waals surface area contributed by atoms with Gasteiger partial charge in [-0.15, -0.1) is 0 Å². The second-order valence-electron chi connectivity index (χ2n) is 5.59. The monoisotopic (exact) mass is 294 g/mol. The number of nitrogens with one attached hydrogen (secondary N) is 2. The fourth-order valence-corrected chi connectivity index (χ4v) is 1.73. The second-order valence-corrected chi connectivity index (χ2v) is 5.59. The van der Waals surface area contributed by atoms with Crippen LogP contribution < -0.4 is 20.1 Å². The normalized spacial score (nSPS) is 10.7. The molecular formula is C15H22N2O4. The van der Waals surface area contributed by atoms with Crippen molar-refractivity contribution in [2.75, 3.05) is 19.5 Å². The Morgan fingerprint density at radius 3 is 2.19 bits per heavy atom. The molecule has 0 fully saturated rings. The van der Waals surface area contributed by atoms with Crippen LogP contribution in [0.5, 0.6) is 11.5 Å². The van der Waals surface area contributed by atoms with Gasteiger partial charge in [-0.05, 0) is 32.9 Å². The molecule has 1 aromatic carbocycles. The highest BCUT2D eigenvalue weighted by atomic mass is 16.5. The summed E-state index contributed by atoms with van der Waals surface area (Å²) in [7, 11) is 3.05. The Morgan fingerprint density at radius 2 is 1.67 bits per heavy atom. The average Bonchev–Trinajstić information content (AvgIpc) is 2.35. The molecule has 1 rings (SSSR count). The van der Waals surface area contributed by atoms with E-state index in [1.54, 1.807) is 18.2 Å². The minimum absolute atomic E-state index is 0.231. The molecule has 0 saturated carbocycles. The van der Waals surface area contributed by atoms with Crippen LogP contribution in [0.1, 0.15) is 27.2 Å². The lowest BCUT2D eigenvalue weighted by Gasteiger charge is -2.20. The molecule has 0 unspecified atom stereocenters. The Hall–Kier alpha value is -2.24. The Kier molecular flexibility index (Phi) is 5.58. The third-order valence-corrected chi connectivity index (χ3v) is 2.50. The number of hydrogen-bond acceptors (Lipinski definition) is 4. The molecule has 0 saturated heterocycles. The van der Waals surface area contributed by atoms with E-state index in [1.165, 1.54) is 14.2 Å². The van der Waals surface area contributed by atoms with Gasteiger partial charge in [-0.3, -0.25) is 9.59 Å². The van der Waals surface area contributed by atoms with Crippen LogP contribution in [-0.4, -0.2) is 31.6 Å². The topological polar surface area (TPSA) is 76.7 Å². The zero-order valence-corrected chi connectivity index (χ0v) is 13.1. The molecule has 0 atom stereocenters. The van der Waals surface area contributed by atoms with E-state index in [0.29, 0.717) is 17.2 Å². The van der Waals surface area contributed by atoms with Crippen LogP contribution in [0.3, 0.4) is 0 Å². The minimum Gasteiger partial charge on any atom is -0.493 e. The first-order valence-corrected chi connectivity index (χ1v) is 6.58. The van der Waals surface area contributed by atoms with Crippen LogP contribution in [0.25, 0.3) is 0 Å². The summed E-state index contributed by atoms with van der Waals surface area (Å²) in [4.78, 5) is 23.5. The third kappa shape index (κ3) is 5.72. The molecule has 0 aromatic heterocycles. The molecule has 116 valence electrons. The number of hydrogen-bond donors (Lipinski definition) is 2. The largest absolute Gasteiger partial charge is 0.493 e. The van der Waals surface area contributed by atoms with Gasteiger partial charge in [0.1, 0.15) is 6.42 Å². The summed E-state index contributed by atoms with van der Waals surface area (Å²) in [6.07, 6.45) is -0.231. The smallest absolute Gasteiger partial charge is 0.233 e. The predicted octanol–water partition coefficient (Wildman–Crippen LogP) is 1.95. The van der Waals surface area contributed by atoms with Gasteiger partial charge in [0.2, 0.25) is 11.8 Å². The molecule has 0 bridgehead atoms. The summed E-state index contributed by atoms with van der Waals surface area (Å²) in [5, 5.41) is 5.38. The van der Waals surface area contributed by atoms with E-state index in [4.69, 9.17) is 9.47 Å². The first-order chi connectivity index (χ1) is 9.75. The molecule has 2 N–H and O–H groups in total. The molecule has 0 spiro atoms. The van der Waals surface area contributed by atoms with E-state index in [0.717, 1.165) is 0 Å². The van der Waals surface area contributed by atoms with Gasteiger partial charge in [-0.25, -0.2) is 0 Å². The maximum absolute atomic E-state index is 11.8. The molecule has 0 heterocycles. The van der Waals surface area contributed by atoms with Crippen molar-refractivity contribution in [2.45, 2.75) is 32.7 Å². The maximum atomic E-state index is 11.8. The Bertz CT molecular complexity index is 521. The number of carbonyl (C=O) groups excluding carboxylic acids is 2. The van der Waals surface area contributed by atoms with Gasteiger partial charge >= 0.3 is 0 Å². The van der Waals surface area contributed by atoms with Crippen LogP contribution in [0.15, 0.2) is 18.2 Å². The molecule has 1 aromatic rings. The van der Waals surface area contributed by atoms with Gasteiger partial charge in [0.15, 0.2) is 11.5 Å². The summed E-state index contributed by atoms with van der Waals surface area (Å²) < 4.78 is 10.3. The summed E-state index contributed by atoms with van der Waals surface area (Å²) >= 11 is 0. The van der Waals surface area contributed by atoms with Crippen molar-refractivity contribution in [1.29, 1.82) is 0 Å². The van der Waals surface area contributed by atoms with Crippen molar-refractivity contribution in [3.63, 3.8) is 0 Å². The number of rotatable bonds is 5. The fraction of sp³-hybridized carbons (Fsp3) is 0.467. The molecule has 0 aliphatic heterocycles. The third-order valence-electron chi connectivity index (χ3n) is 2.50. The van der Waals surface area contributed by atoms with Gasteiger partial charge < -0.3 is 20.1 Å². The number of carbonyl (C=O) groups is 2. The SMILES string of the molecule is COc1ccc(NC(=O)CC(=O)NC(C)(C)C)cc1OC. The van der Waals surface area contributed by atoms with Crippen LogP contribution in [-0.2, 0) is 9.59 Å². The van der Waals surface area contributed by atoms with Crippen LogP contribution in [0, 0.1) is 0 Å². The van der Waals surface area contributed by atoms with Gasteiger partial charge in [-0.2, -0.15) is 0 Å². The predicted molar refractivity (Wildman–Crippen MR) is 80.7 cm³/mol. The highest BCUT2D eigenvalue weighted by Gasteiger charge is 2.17. The summed E-state index contributed by atoms with van der Waals surface area (Å²) in [6.45, 7) is 5.57. The summed E-state index contributed by atoms with van der Waals surface area (Å²) in [5.74, 6) is 0.375. The van der Waals surface area contributed by atoms with Crippen molar-refractivity contribution in [3.05, 3.63) is 18.2 Å². The molecule has 0 radical (unpaired) electrons. The number of amides is 2. The van der Waals surface area contributed by atoms with E-state index in [2.05, 4.69) is 10.6 Å². The first-order valence-electron chi connectivity index (χ1n) is 6.58.